The minimum Gasteiger partial charge on any atom is -0.390 e. The topological polar surface area (TPSA) is 80.0 Å². The Morgan fingerprint density at radius 1 is 1.39 bits per heavy atom. The number of hydrogen-bond acceptors (Lipinski definition) is 5. The summed E-state index contributed by atoms with van der Waals surface area (Å²) in [7, 11) is 0. The van der Waals surface area contributed by atoms with Crippen LogP contribution in [0.15, 0.2) is 53.5 Å². The molecule has 0 aliphatic heterocycles. The summed E-state index contributed by atoms with van der Waals surface area (Å²) in [6.07, 6.45) is 1.54. The maximum atomic E-state index is 14.5. The van der Waals surface area contributed by atoms with Crippen LogP contribution in [0.1, 0.15) is 27.9 Å². The lowest BCUT2D eigenvalue weighted by Gasteiger charge is -2.18. The van der Waals surface area contributed by atoms with Gasteiger partial charge in [-0.1, -0.05) is 28.1 Å². The molecular formula is C22H20BrF2N4O2. The average molecular weight is 490 g/mol. The van der Waals surface area contributed by atoms with E-state index in [4.69, 9.17) is 0 Å². The largest absolute Gasteiger partial charge is 0.390 e. The predicted octanol–water partition coefficient (Wildman–Crippen LogP) is 3.79. The van der Waals surface area contributed by atoms with Crippen molar-refractivity contribution in [3.63, 3.8) is 0 Å². The van der Waals surface area contributed by atoms with Gasteiger partial charge in [-0.3, -0.25) is 4.79 Å². The number of aromatic nitrogens is 3. The number of aliphatic hydroxyl groups excluding tert-OH is 1. The maximum absolute atomic E-state index is 14.5. The zero-order valence-electron chi connectivity index (χ0n) is 16.4. The maximum Gasteiger partial charge on any atom is 0.199 e. The van der Waals surface area contributed by atoms with E-state index in [-0.39, 0.29) is 29.9 Å². The number of benzene rings is 1. The Balaban J connectivity index is 1.57. The van der Waals surface area contributed by atoms with Crippen LogP contribution in [0, 0.1) is 18.8 Å². The van der Waals surface area contributed by atoms with Gasteiger partial charge in [0, 0.05) is 35.0 Å². The summed E-state index contributed by atoms with van der Waals surface area (Å²) in [5, 5.41) is 12.7. The Hall–Kier alpha value is -2.65. The molecule has 0 unspecified atom stereocenters. The van der Waals surface area contributed by atoms with Crippen LogP contribution in [-0.4, -0.2) is 43.7 Å². The number of halogens is 3. The molecule has 9 heteroatoms. The molecule has 161 valence electrons. The van der Waals surface area contributed by atoms with E-state index in [0.29, 0.717) is 0 Å². The van der Waals surface area contributed by atoms with E-state index in [0.717, 1.165) is 16.1 Å². The molecule has 0 amide bonds. The molecule has 2 heterocycles. The van der Waals surface area contributed by atoms with Gasteiger partial charge in [-0.25, -0.2) is 14.4 Å². The lowest BCUT2D eigenvalue weighted by atomic mass is 10.1. The van der Waals surface area contributed by atoms with Crippen LogP contribution < -0.4 is 5.32 Å². The number of ketones is 1. The van der Waals surface area contributed by atoms with Crippen molar-refractivity contribution in [1.29, 1.82) is 0 Å². The van der Waals surface area contributed by atoms with E-state index in [1.165, 1.54) is 23.3 Å². The predicted molar refractivity (Wildman–Crippen MR) is 115 cm³/mol. The Morgan fingerprint density at radius 2 is 2.19 bits per heavy atom. The van der Waals surface area contributed by atoms with Crippen LogP contribution in [-0.2, 0) is 6.54 Å². The standard InChI is InChI=1S/C22H20BrF2N4O2/c1-12-5-17(19(25)20(12)30)28-22-16(8-26-11-27-22)21(31)14-7-18(24)29(10-14)9-13-3-2-4-15(23)6-13/h2-4,6-8,10-12,17,19-20,30H,1,5,9H2,(H,26,27,28)/t12-,17-,19-,20-/m1/s1. The number of aliphatic hydroxyl groups is 1. The lowest BCUT2D eigenvalue weighted by molar-refractivity contribution is 0.0793. The molecule has 1 aliphatic rings. The summed E-state index contributed by atoms with van der Waals surface area (Å²) in [5.41, 5.74) is 1.09. The summed E-state index contributed by atoms with van der Waals surface area (Å²) in [6.45, 7) is 3.99. The first-order chi connectivity index (χ1) is 14.8. The third-order valence-electron chi connectivity index (χ3n) is 5.38. The molecule has 1 aliphatic carbocycles. The van der Waals surface area contributed by atoms with Crippen LogP contribution in [0.2, 0.25) is 0 Å². The first-order valence-electron chi connectivity index (χ1n) is 9.70. The van der Waals surface area contributed by atoms with Crippen molar-refractivity contribution in [2.45, 2.75) is 31.3 Å². The number of rotatable bonds is 6. The lowest BCUT2D eigenvalue weighted by Crippen LogP contribution is -2.32. The van der Waals surface area contributed by atoms with Crippen LogP contribution in [0.5, 0.6) is 0 Å². The highest BCUT2D eigenvalue weighted by Crippen LogP contribution is 2.31. The molecule has 1 radical (unpaired) electrons. The second-order valence-electron chi connectivity index (χ2n) is 7.61. The SMILES string of the molecule is [CH2][C@@H]1C[C@@H](Nc2ncncc2C(=O)c2cc(F)n(Cc3cccc(Br)c3)c2)[C@@H](F)[C@@H]1O. The van der Waals surface area contributed by atoms with Crippen molar-refractivity contribution in [2.24, 2.45) is 5.92 Å². The molecule has 6 nitrogen and oxygen atoms in total. The van der Waals surface area contributed by atoms with Crippen molar-refractivity contribution in [1.82, 2.24) is 14.5 Å². The van der Waals surface area contributed by atoms with Gasteiger partial charge in [0.2, 0.25) is 0 Å². The van der Waals surface area contributed by atoms with E-state index in [9.17, 15) is 18.7 Å². The monoisotopic (exact) mass is 489 g/mol. The van der Waals surface area contributed by atoms with Gasteiger partial charge < -0.3 is 15.0 Å². The van der Waals surface area contributed by atoms with Gasteiger partial charge in [0.1, 0.15) is 18.3 Å². The molecular weight excluding hydrogens is 470 g/mol. The molecule has 1 fully saturated rings. The van der Waals surface area contributed by atoms with Crippen LogP contribution in [0.3, 0.4) is 0 Å². The third kappa shape index (κ3) is 4.52. The smallest absolute Gasteiger partial charge is 0.199 e. The van der Waals surface area contributed by atoms with Crippen LogP contribution in [0.25, 0.3) is 0 Å². The molecule has 1 aromatic carbocycles. The fourth-order valence-corrected chi connectivity index (χ4v) is 4.18. The highest BCUT2D eigenvalue weighted by Gasteiger charge is 2.41. The summed E-state index contributed by atoms with van der Waals surface area (Å²) in [4.78, 5) is 21.0. The van der Waals surface area contributed by atoms with Crippen molar-refractivity contribution in [3.8, 4) is 0 Å². The number of alkyl halides is 1. The minimum absolute atomic E-state index is 0.0938. The number of nitrogens with zero attached hydrogens (tertiary/aromatic N) is 3. The van der Waals surface area contributed by atoms with Gasteiger partial charge in [-0.2, -0.15) is 4.39 Å². The molecule has 2 N–H and O–H groups in total. The Bertz CT molecular complexity index is 1110. The zero-order chi connectivity index (χ0) is 22.1. The van der Waals surface area contributed by atoms with Gasteiger partial charge in [0.05, 0.1) is 17.7 Å². The molecule has 0 spiro atoms. The van der Waals surface area contributed by atoms with Crippen molar-refractivity contribution in [3.05, 3.63) is 83.1 Å². The minimum atomic E-state index is -1.54. The van der Waals surface area contributed by atoms with Gasteiger partial charge in [0.25, 0.3) is 0 Å². The quantitative estimate of drug-likeness (QED) is 0.515. The normalized spacial score (nSPS) is 23.1. The number of hydrogen-bond donors (Lipinski definition) is 2. The molecule has 31 heavy (non-hydrogen) atoms. The fraction of sp³-hybridized carbons (Fsp3) is 0.273. The zero-order valence-corrected chi connectivity index (χ0v) is 18.0. The van der Waals surface area contributed by atoms with Crippen molar-refractivity contribution >= 4 is 27.5 Å². The summed E-state index contributed by atoms with van der Waals surface area (Å²) < 4.78 is 31.0. The van der Waals surface area contributed by atoms with Crippen molar-refractivity contribution in [2.75, 3.05) is 5.32 Å². The molecule has 4 rings (SSSR count). The second-order valence-corrected chi connectivity index (χ2v) is 8.52. The van der Waals surface area contributed by atoms with E-state index in [1.54, 1.807) is 0 Å². The molecule has 1 saturated carbocycles. The van der Waals surface area contributed by atoms with Gasteiger partial charge in [0.15, 0.2) is 11.7 Å². The molecule has 3 aromatic rings. The summed E-state index contributed by atoms with van der Waals surface area (Å²) in [5.74, 6) is -1.38. The first kappa shape index (κ1) is 21.6. The van der Waals surface area contributed by atoms with E-state index >= 15 is 0 Å². The number of carbonyl (C=O) groups is 1. The molecule has 0 bridgehead atoms. The van der Waals surface area contributed by atoms with E-state index in [1.807, 2.05) is 24.3 Å². The van der Waals surface area contributed by atoms with Crippen LogP contribution >= 0.6 is 15.9 Å². The van der Waals surface area contributed by atoms with Gasteiger partial charge in [-0.05, 0) is 37.0 Å². The van der Waals surface area contributed by atoms with Gasteiger partial charge >= 0.3 is 0 Å². The van der Waals surface area contributed by atoms with E-state index < -0.39 is 36.0 Å². The highest BCUT2D eigenvalue weighted by atomic mass is 79.9. The average Bonchev–Trinajstić information content (AvgIpc) is 3.22. The molecule has 4 atom stereocenters. The third-order valence-corrected chi connectivity index (χ3v) is 5.87. The molecule has 2 aromatic heterocycles. The fourth-order valence-electron chi connectivity index (χ4n) is 3.73. The Labute approximate surface area is 186 Å². The molecule has 0 saturated heterocycles. The first-order valence-corrected chi connectivity index (χ1v) is 10.5. The Morgan fingerprint density at radius 3 is 2.90 bits per heavy atom. The van der Waals surface area contributed by atoms with Crippen LogP contribution in [0.4, 0.5) is 14.6 Å². The number of nitrogens with one attached hydrogen (secondary N) is 1. The highest BCUT2D eigenvalue weighted by molar-refractivity contribution is 9.10. The summed E-state index contributed by atoms with van der Waals surface area (Å²) in [6, 6.07) is 7.86. The van der Waals surface area contributed by atoms with E-state index in [2.05, 4.69) is 38.1 Å². The second kappa shape index (κ2) is 8.84. The summed E-state index contributed by atoms with van der Waals surface area (Å²) >= 11 is 3.38. The number of carbonyl (C=O) groups excluding carboxylic acids is 1. The van der Waals surface area contributed by atoms with Crippen molar-refractivity contribution < 1.29 is 18.7 Å². The Kier molecular flexibility index (Phi) is 6.15. The number of anilines is 1. The van der Waals surface area contributed by atoms with Gasteiger partial charge in [-0.15, -0.1) is 0 Å².